The molecule has 2 bridgehead atoms. The number of fused-ring (bicyclic) bond motifs is 2. The number of piperazine rings is 1. The van der Waals surface area contributed by atoms with Gasteiger partial charge in [-0.3, -0.25) is 4.79 Å². The second-order valence-corrected chi connectivity index (χ2v) is 4.43. The van der Waals surface area contributed by atoms with Crippen LogP contribution in [0.3, 0.4) is 0 Å². The molecule has 3 aliphatic heterocycles. The molecule has 0 N–H and O–H groups in total. The van der Waals surface area contributed by atoms with Gasteiger partial charge in [0.2, 0.25) is 5.91 Å². The van der Waals surface area contributed by atoms with Crippen LogP contribution in [0.2, 0.25) is 0 Å². The number of hydrogen-bond acceptors (Lipinski definition) is 2. The van der Waals surface area contributed by atoms with Gasteiger partial charge in [-0.25, -0.2) is 0 Å². The number of rotatable bonds is 0. The zero-order valence-corrected chi connectivity index (χ0v) is 9.12. The van der Waals surface area contributed by atoms with E-state index in [0.717, 1.165) is 23.2 Å². The quantitative estimate of drug-likeness (QED) is 0.701. The van der Waals surface area contributed by atoms with Crippen molar-refractivity contribution in [3.63, 3.8) is 0 Å². The van der Waals surface area contributed by atoms with Gasteiger partial charge in [-0.2, -0.15) is 0 Å². The van der Waals surface area contributed by atoms with Crippen molar-refractivity contribution in [2.75, 3.05) is 29.4 Å². The summed E-state index contributed by atoms with van der Waals surface area (Å²) in [6.45, 7) is 2.29. The van der Waals surface area contributed by atoms with Crippen LogP contribution in [0.25, 0.3) is 0 Å². The Bertz CT molecular complexity index is 419. The van der Waals surface area contributed by atoms with Crippen LogP contribution in [0.1, 0.15) is 0 Å². The van der Waals surface area contributed by atoms with E-state index >= 15 is 0 Å². The zero-order valence-electron chi connectivity index (χ0n) is 7.53. The first-order chi connectivity index (χ1) is 6.77. The van der Waals surface area contributed by atoms with Crippen LogP contribution in [-0.2, 0) is 4.79 Å². The summed E-state index contributed by atoms with van der Waals surface area (Å²) in [6, 6.07) is 5.99. The van der Waals surface area contributed by atoms with Crippen molar-refractivity contribution in [2.45, 2.75) is 0 Å². The van der Waals surface area contributed by atoms with Gasteiger partial charge in [-0.15, -0.1) is 0 Å². The number of carbonyl (C=O) groups excluding carboxylic acids is 1. The minimum Gasteiger partial charge on any atom is -0.358 e. The zero-order chi connectivity index (χ0) is 9.71. The minimum absolute atomic E-state index is 0.210. The molecule has 0 atom stereocenters. The Balaban J connectivity index is 2.25. The van der Waals surface area contributed by atoms with E-state index in [-0.39, 0.29) is 5.91 Å². The van der Waals surface area contributed by atoms with E-state index in [4.69, 9.17) is 0 Å². The standard InChI is InChI=1S/C10H9BrN2O/c11-7-2-1-3-8-10(7)12-4-5-13(8)9(14)6-12/h1-3H,4-6H2. The monoisotopic (exact) mass is 252 g/mol. The van der Waals surface area contributed by atoms with Crippen LogP contribution >= 0.6 is 15.9 Å². The number of benzene rings is 1. The molecular weight excluding hydrogens is 244 g/mol. The van der Waals surface area contributed by atoms with Gasteiger partial charge in [0.25, 0.3) is 0 Å². The van der Waals surface area contributed by atoms with Crippen molar-refractivity contribution < 1.29 is 4.79 Å². The molecule has 0 aromatic heterocycles. The second-order valence-electron chi connectivity index (χ2n) is 3.57. The Morgan fingerprint density at radius 3 is 2.93 bits per heavy atom. The normalized spacial score (nSPS) is 18.8. The van der Waals surface area contributed by atoms with Gasteiger partial charge in [0, 0.05) is 17.6 Å². The number of nitrogens with zero attached hydrogens (tertiary/aromatic N) is 2. The first-order valence-corrected chi connectivity index (χ1v) is 5.40. The van der Waals surface area contributed by atoms with Gasteiger partial charge < -0.3 is 9.80 Å². The summed E-state index contributed by atoms with van der Waals surface area (Å²) in [6.07, 6.45) is 0. The van der Waals surface area contributed by atoms with Crippen LogP contribution in [0.4, 0.5) is 11.4 Å². The number of hydrogen-bond donors (Lipinski definition) is 0. The molecule has 0 aliphatic carbocycles. The molecule has 3 heterocycles. The molecule has 0 saturated carbocycles. The Labute approximate surface area is 90.4 Å². The highest BCUT2D eigenvalue weighted by atomic mass is 79.9. The summed E-state index contributed by atoms with van der Waals surface area (Å²) >= 11 is 3.52. The molecule has 4 heteroatoms. The molecule has 0 spiro atoms. The predicted molar refractivity (Wildman–Crippen MR) is 58.7 cm³/mol. The maximum absolute atomic E-state index is 11.6. The number of para-hydroxylation sites is 1. The fourth-order valence-corrected chi connectivity index (χ4v) is 2.76. The molecule has 1 fully saturated rings. The number of anilines is 2. The van der Waals surface area contributed by atoms with Crippen LogP contribution < -0.4 is 9.80 Å². The molecule has 0 unspecified atom stereocenters. The maximum atomic E-state index is 11.6. The van der Waals surface area contributed by atoms with Crippen molar-refractivity contribution in [1.29, 1.82) is 0 Å². The summed E-state index contributed by atoms with van der Waals surface area (Å²) in [4.78, 5) is 15.6. The van der Waals surface area contributed by atoms with Crippen molar-refractivity contribution >= 4 is 33.2 Å². The first-order valence-electron chi connectivity index (χ1n) is 4.61. The molecule has 3 aliphatic rings. The van der Waals surface area contributed by atoms with Crippen LogP contribution in [0, 0.1) is 0 Å². The minimum atomic E-state index is 0.210. The molecule has 1 amide bonds. The predicted octanol–water partition coefficient (Wildman–Crippen LogP) is 1.62. The lowest BCUT2D eigenvalue weighted by molar-refractivity contribution is -0.118. The smallest absolute Gasteiger partial charge is 0.246 e. The van der Waals surface area contributed by atoms with E-state index in [1.165, 1.54) is 5.69 Å². The summed E-state index contributed by atoms with van der Waals surface area (Å²) in [5.74, 6) is 0.210. The van der Waals surface area contributed by atoms with Gasteiger partial charge in [-0.1, -0.05) is 6.07 Å². The van der Waals surface area contributed by atoms with Crippen molar-refractivity contribution in [2.24, 2.45) is 0 Å². The van der Waals surface area contributed by atoms with E-state index in [2.05, 4.69) is 20.8 Å². The number of amides is 1. The third kappa shape index (κ3) is 0.945. The number of carbonyl (C=O) groups is 1. The van der Waals surface area contributed by atoms with Crippen molar-refractivity contribution in [3.8, 4) is 0 Å². The van der Waals surface area contributed by atoms with Crippen molar-refractivity contribution in [3.05, 3.63) is 22.7 Å². The van der Waals surface area contributed by atoms with E-state index < -0.39 is 0 Å². The lowest BCUT2D eigenvalue weighted by Gasteiger charge is -2.44. The molecule has 14 heavy (non-hydrogen) atoms. The summed E-state index contributed by atoms with van der Waals surface area (Å²) in [5.41, 5.74) is 2.21. The van der Waals surface area contributed by atoms with Crippen LogP contribution in [-0.4, -0.2) is 25.5 Å². The van der Waals surface area contributed by atoms with E-state index in [0.29, 0.717) is 6.54 Å². The third-order valence-corrected chi connectivity index (χ3v) is 3.43. The SMILES string of the molecule is O=C1CN2CCN1c1cccc(Br)c12. The van der Waals surface area contributed by atoms with E-state index in [1.807, 2.05) is 23.1 Å². The van der Waals surface area contributed by atoms with Gasteiger partial charge in [0.05, 0.1) is 17.9 Å². The highest BCUT2D eigenvalue weighted by molar-refractivity contribution is 9.10. The van der Waals surface area contributed by atoms with E-state index in [9.17, 15) is 4.79 Å². The van der Waals surface area contributed by atoms with E-state index in [1.54, 1.807) is 0 Å². The Kier molecular flexibility index (Phi) is 1.62. The number of halogens is 1. The molecule has 72 valence electrons. The molecular formula is C10H9BrN2O. The third-order valence-electron chi connectivity index (χ3n) is 2.79. The molecule has 1 aromatic rings. The summed E-state index contributed by atoms with van der Waals surface area (Å²) in [7, 11) is 0. The largest absolute Gasteiger partial charge is 0.358 e. The maximum Gasteiger partial charge on any atom is 0.246 e. The van der Waals surface area contributed by atoms with Gasteiger partial charge in [0.1, 0.15) is 0 Å². The lowest BCUT2D eigenvalue weighted by Crippen LogP contribution is -2.55. The second kappa shape index (κ2) is 2.73. The fraction of sp³-hybridized carbons (Fsp3) is 0.300. The summed E-state index contributed by atoms with van der Waals surface area (Å²) in [5, 5.41) is 0. The Morgan fingerprint density at radius 2 is 2.14 bits per heavy atom. The average Bonchev–Trinajstić information content (AvgIpc) is 2.18. The highest BCUT2D eigenvalue weighted by Gasteiger charge is 2.35. The Morgan fingerprint density at radius 1 is 1.29 bits per heavy atom. The highest BCUT2D eigenvalue weighted by Crippen LogP contribution is 2.41. The fourth-order valence-electron chi connectivity index (χ4n) is 2.15. The molecule has 1 saturated heterocycles. The van der Waals surface area contributed by atoms with Crippen molar-refractivity contribution in [1.82, 2.24) is 0 Å². The van der Waals surface area contributed by atoms with Gasteiger partial charge in [0.15, 0.2) is 0 Å². The molecule has 1 aromatic carbocycles. The molecule has 4 rings (SSSR count). The van der Waals surface area contributed by atoms with Crippen LogP contribution in [0.5, 0.6) is 0 Å². The average molecular weight is 253 g/mol. The molecule has 3 nitrogen and oxygen atoms in total. The lowest BCUT2D eigenvalue weighted by atomic mass is 10.1. The Hall–Kier alpha value is -1.03. The molecule has 0 radical (unpaired) electrons. The summed E-state index contributed by atoms with van der Waals surface area (Å²) < 4.78 is 1.08. The first kappa shape index (κ1) is 8.29. The van der Waals surface area contributed by atoms with Gasteiger partial charge >= 0.3 is 0 Å². The topological polar surface area (TPSA) is 23.6 Å². The van der Waals surface area contributed by atoms with Gasteiger partial charge in [-0.05, 0) is 28.1 Å². The van der Waals surface area contributed by atoms with Crippen LogP contribution in [0.15, 0.2) is 22.7 Å².